The second kappa shape index (κ2) is 42.3. The number of likely N-dealkylation sites (tertiary alicyclic amines) is 4. The van der Waals surface area contributed by atoms with Gasteiger partial charge in [-0.1, -0.05) is 44.9 Å². The largest absolute Gasteiger partial charge is 0.494 e. The lowest BCUT2D eigenvalue weighted by atomic mass is 9.83. The lowest BCUT2D eigenvalue weighted by molar-refractivity contribution is -0.132. The Morgan fingerprint density at radius 3 is 0.758 bits per heavy atom. The zero-order valence-corrected chi connectivity index (χ0v) is 76.4. The Kier molecular flexibility index (Phi) is 29.5. The van der Waals surface area contributed by atoms with E-state index in [0.29, 0.717) is 122 Å². The SMILES string of the molecule is CC(=O)N1CCC(CCCOc2ccc3c(ccc4onc([C@@H]5CCC(=O)CC5=O)c43)c2)CC1.CC(=O)N1CCC(CCCOc2ccc3c(ccc4onc([C@H]5CCC(=O)CC5=O)c43)c2)CC1.CN1CCC(CCCOc2ccc3c(ccc4onc([C@@H]5CCC(=O)CC5=O)c43)c2)CC1.CN1CCC(CCCOc2ccc3c(ccc4onc([C@H]5CCC(=O)CC5=O)c43)c2)CC1. The number of hydrogen-bond acceptors (Lipinski definition) is 24. The molecule has 4 aliphatic carbocycles. The van der Waals surface area contributed by atoms with Crippen LogP contribution in [0, 0.1) is 23.7 Å². The topological polar surface area (TPSA) is 325 Å². The van der Waals surface area contributed by atoms with E-state index in [9.17, 15) is 47.9 Å². The number of hydrogen-bond donors (Lipinski definition) is 0. The molecule has 0 bridgehead atoms. The molecule has 0 N–H and O–H groups in total. The average Bonchev–Trinajstić information content (AvgIpc) is 1.55. The van der Waals surface area contributed by atoms with Crippen LogP contribution >= 0.6 is 0 Å². The zero-order valence-electron chi connectivity index (χ0n) is 76.4. The maximum atomic E-state index is 12.5. The fraction of sp³-hybridized carbons (Fsp3) is 0.491. The van der Waals surface area contributed by atoms with Crippen LogP contribution in [0.3, 0.4) is 0 Å². The molecule has 0 unspecified atom stereocenters. The number of carbonyl (C=O) groups is 10. The number of fused-ring (bicyclic) bond motifs is 12. The molecule has 4 saturated carbocycles. The minimum absolute atomic E-state index is 0.000663. The molecule has 4 aliphatic heterocycles. The number of Topliss-reactive ketones (excluding diaryl/α,β-unsaturated/α-hetero) is 8. The monoisotopic (exact) mass is 1790 g/mol. The number of aromatic nitrogens is 4. The third-order valence-electron chi connectivity index (χ3n) is 28.9. The van der Waals surface area contributed by atoms with Gasteiger partial charge in [-0.05, 0) is 333 Å². The van der Waals surface area contributed by atoms with Gasteiger partial charge in [-0.15, -0.1) is 0 Å². The summed E-state index contributed by atoms with van der Waals surface area (Å²) in [4.78, 5) is 128. The molecule has 4 aromatic heterocycles. The van der Waals surface area contributed by atoms with Gasteiger partial charge in [-0.2, -0.15) is 0 Å². The van der Waals surface area contributed by atoms with Crippen molar-refractivity contribution in [3.05, 3.63) is 144 Å². The number of ether oxygens (including phenoxy) is 4. The fourth-order valence-electron chi connectivity index (χ4n) is 21.1. The number of rotatable bonds is 24. The van der Waals surface area contributed by atoms with Crippen LogP contribution in [-0.4, -0.2) is 191 Å². The van der Waals surface area contributed by atoms with Crippen LogP contribution in [0.5, 0.6) is 23.0 Å². The van der Waals surface area contributed by atoms with E-state index in [1.54, 1.807) is 13.8 Å². The molecular formula is C106H120N8O18. The summed E-state index contributed by atoms with van der Waals surface area (Å²) in [5, 5.41) is 28.4. The molecule has 12 aromatic rings. The highest BCUT2D eigenvalue weighted by molar-refractivity contribution is 6.15. The van der Waals surface area contributed by atoms with E-state index in [2.05, 4.69) is 44.5 Å². The summed E-state index contributed by atoms with van der Waals surface area (Å²) in [5.74, 6) is 4.94. The summed E-state index contributed by atoms with van der Waals surface area (Å²) in [6, 6.07) is 39.6. The Balaban J connectivity index is 0.000000123. The van der Waals surface area contributed by atoms with Gasteiger partial charge in [0, 0.05) is 65.7 Å². The Bertz CT molecular complexity index is 5890. The molecule has 20 rings (SSSR count). The molecule has 8 fully saturated rings. The average molecular weight is 1790 g/mol. The third-order valence-corrected chi connectivity index (χ3v) is 28.9. The summed E-state index contributed by atoms with van der Waals surface area (Å²) < 4.78 is 46.3. The molecule has 26 nitrogen and oxygen atoms in total. The van der Waals surface area contributed by atoms with Crippen molar-refractivity contribution in [2.45, 2.75) is 217 Å². The van der Waals surface area contributed by atoms with Gasteiger partial charge in [0.25, 0.3) is 0 Å². The van der Waals surface area contributed by atoms with Crippen molar-refractivity contribution in [3.8, 4) is 23.0 Å². The van der Waals surface area contributed by atoms with Gasteiger partial charge in [-0.3, -0.25) is 47.9 Å². The standard InChI is InChI=1S/2C27H30N2O5.2C26H30N2O4/c2*1-17(30)29-12-10-18(11-13-29)3-2-14-33-21-6-8-22-19(15-21)4-9-25-26(22)27(28-34-25)23-7-5-20(31)16-24(23)32;2*1-28-12-10-17(11-13-28)3-2-14-31-20-6-8-21-18(15-20)4-9-24-25(21)26(27-32-24)22-7-5-19(29)16-23(22)30/h2*4,6,8-9,15,18,23H,2-3,5,7,10-14,16H2,1H3;2*4,6,8-9,15,17,22H,2-3,5,7,10-14,16H2,1H3/t2*23-;2*22-/m1010/s1. The van der Waals surface area contributed by atoms with E-state index in [0.717, 1.165) is 203 Å². The summed E-state index contributed by atoms with van der Waals surface area (Å²) in [6.07, 6.45) is 21.9. The molecular weight excluding hydrogens is 1670 g/mol. The van der Waals surface area contributed by atoms with Gasteiger partial charge < -0.3 is 56.6 Å². The normalized spacial score (nSPS) is 20.4. The van der Waals surface area contributed by atoms with Gasteiger partial charge >= 0.3 is 0 Å². The first-order chi connectivity index (χ1) is 64.1. The Hall–Kier alpha value is -11.9. The lowest BCUT2D eigenvalue weighted by Gasteiger charge is -2.31. The highest BCUT2D eigenvalue weighted by Gasteiger charge is 2.38. The van der Waals surface area contributed by atoms with Gasteiger partial charge in [0.05, 0.1) is 97.3 Å². The minimum atomic E-state index is -0.386. The van der Waals surface area contributed by atoms with E-state index >= 15 is 0 Å². The highest BCUT2D eigenvalue weighted by Crippen LogP contribution is 2.44. The summed E-state index contributed by atoms with van der Waals surface area (Å²) >= 11 is 0. The Morgan fingerprint density at radius 1 is 0.311 bits per heavy atom. The predicted octanol–water partition coefficient (Wildman–Crippen LogP) is 19.4. The van der Waals surface area contributed by atoms with Gasteiger partial charge in [0.15, 0.2) is 22.3 Å². The van der Waals surface area contributed by atoms with Crippen LogP contribution in [0.25, 0.3) is 87.0 Å². The number of nitrogens with zero attached hydrogens (tertiary/aromatic N) is 8. The summed E-state index contributed by atoms with van der Waals surface area (Å²) in [6.45, 7) is 14.4. The van der Waals surface area contributed by atoms with Gasteiger partial charge in [0.2, 0.25) is 11.8 Å². The molecule has 132 heavy (non-hydrogen) atoms. The molecule has 8 aromatic carbocycles. The van der Waals surface area contributed by atoms with E-state index in [4.69, 9.17) is 37.0 Å². The van der Waals surface area contributed by atoms with Crippen LogP contribution in [0.2, 0.25) is 0 Å². The van der Waals surface area contributed by atoms with Crippen molar-refractivity contribution in [3.63, 3.8) is 0 Å². The van der Waals surface area contributed by atoms with Crippen LogP contribution in [0.15, 0.2) is 139 Å². The third kappa shape index (κ3) is 21.9. The maximum Gasteiger partial charge on any atom is 0.219 e. The molecule has 0 spiro atoms. The summed E-state index contributed by atoms with van der Waals surface area (Å²) in [7, 11) is 4.40. The molecule has 8 heterocycles. The first-order valence-corrected chi connectivity index (χ1v) is 48.0. The summed E-state index contributed by atoms with van der Waals surface area (Å²) in [5.41, 5.74) is 5.25. The van der Waals surface area contributed by atoms with Crippen molar-refractivity contribution < 1.29 is 85.0 Å². The first-order valence-electron chi connectivity index (χ1n) is 48.0. The second-order valence-corrected chi connectivity index (χ2v) is 38.0. The lowest BCUT2D eigenvalue weighted by Crippen LogP contribution is -2.37. The van der Waals surface area contributed by atoms with Gasteiger partial charge in [0.1, 0.15) is 92.0 Å². The van der Waals surface area contributed by atoms with E-state index in [-0.39, 0.29) is 107 Å². The molecule has 0 radical (unpaired) electrons. The van der Waals surface area contributed by atoms with Crippen LogP contribution in [0.4, 0.5) is 0 Å². The van der Waals surface area contributed by atoms with Crippen molar-refractivity contribution >= 4 is 145 Å². The molecule has 4 saturated heterocycles. The first kappa shape index (κ1) is 92.0. The maximum absolute atomic E-state index is 12.5. The zero-order chi connectivity index (χ0) is 91.5. The fourth-order valence-corrected chi connectivity index (χ4v) is 21.1. The Labute approximate surface area is 767 Å². The quantitative estimate of drug-likeness (QED) is 0.0400. The predicted molar refractivity (Wildman–Crippen MR) is 502 cm³/mol. The van der Waals surface area contributed by atoms with Crippen LogP contribution < -0.4 is 18.9 Å². The second-order valence-electron chi connectivity index (χ2n) is 38.0. The van der Waals surface area contributed by atoms with Crippen LogP contribution in [0.1, 0.15) is 240 Å². The minimum Gasteiger partial charge on any atom is -0.494 e. The molecule has 8 aliphatic rings. The van der Waals surface area contributed by atoms with Crippen molar-refractivity contribution in [1.82, 2.24) is 40.2 Å². The number of carbonyl (C=O) groups excluding carboxylic acids is 10. The highest BCUT2D eigenvalue weighted by atomic mass is 16.5. The number of benzene rings is 8. The van der Waals surface area contributed by atoms with Crippen molar-refractivity contribution in [2.24, 2.45) is 23.7 Å². The van der Waals surface area contributed by atoms with Crippen molar-refractivity contribution in [1.29, 1.82) is 0 Å². The molecule has 4 atom stereocenters. The molecule has 692 valence electrons. The van der Waals surface area contributed by atoms with E-state index in [1.807, 2.05) is 131 Å². The van der Waals surface area contributed by atoms with E-state index in [1.165, 1.54) is 64.7 Å². The smallest absolute Gasteiger partial charge is 0.219 e. The molecule has 2 amide bonds. The van der Waals surface area contributed by atoms with Crippen molar-refractivity contribution in [2.75, 3.05) is 92.9 Å². The number of amides is 2. The Morgan fingerprint density at radius 2 is 0.538 bits per heavy atom. The number of ketones is 8. The van der Waals surface area contributed by atoms with Gasteiger partial charge in [-0.25, -0.2) is 0 Å². The van der Waals surface area contributed by atoms with Crippen LogP contribution in [-0.2, 0) is 47.9 Å². The number of piperidine rings is 4. The van der Waals surface area contributed by atoms with E-state index < -0.39 is 0 Å². The molecule has 26 heteroatoms.